The highest BCUT2D eigenvalue weighted by atomic mass is 15.4. The van der Waals surface area contributed by atoms with E-state index in [1.165, 1.54) is 0 Å². The molecule has 0 bridgehead atoms. The largest absolute Gasteiger partial charge is 0.355 e. The molecule has 28 heavy (non-hydrogen) atoms. The van der Waals surface area contributed by atoms with Gasteiger partial charge in [0.25, 0.3) is 5.65 Å². The summed E-state index contributed by atoms with van der Waals surface area (Å²) >= 11 is 0. The number of guanidine groups is 1. The zero-order valence-corrected chi connectivity index (χ0v) is 16.6. The third-order valence-electron chi connectivity index (χ3n) is 4.30. The van der Waals surface area contributed by atoms with Crippen LogP contribution in [-0.4, -0.2) is 29.8 Å². The molecule has 0 radical (unpaired) electrons. The maximum Gasteiger partial charge on any atom is 0.286 e. The van der Waals surface area contributed by atoms with E-state index in [0.29, 0.717) is 12.5 Å². The van der Waals surface area contributed by atoms with Crippen molar-refractivity contribution in [1.29, 1.82) is 0 Å². The van der Waals surface area contributed by atoms with Crippen LogP contribution in [0, 0.1) is 0 Å². The Morgan fingerprint density at radius 3 is 2.57 bits per heavy atom. The second kappa shape index (κ2) is 9.50. The van der Waals surface area contributed by atoms with Crippen molar-refractivity contribution in [1.82, 2.24) is 15.3 Å². The quantitative estimate of drug-likeness (QED) is 0.301. The normalized spacial score (nSPS) is 12.3. The molecule has 2 aromatic heterocycles. The van der Waals surface area contributed by atoms with Crippen LogP contribution in [0.5, 0.6) is 0 Å². The molecular formula is C22H27N6+. The smallest absolute Gasteiger partial charge is 0.286 e. The predicted molar refractivity (Wildman–Crippen MR) is 116 cm³/mol. The van der Waals surface area contributed by atoms with Crippen LogP contribution in [0.4, 0.5) is 0 Å². The zero-order valence-electron chi connectivity index (χ0n) is 16.6. The molecule has 0 aliphatic carbocycles. The number of hydrogen-bond acceptors (Lipinski definition) is 2. The molecule has 144 valence electrons. The lowest BCUT2D eigenvalue weighted by molar-refractivity contribution is -0.510. The second-order valence-electron chi connectivity index (χ2n) is 6.30. The number of aliphatic imine (C=N–C) groups is 1. The lowest BCUT2D eigenvalue weighted by Crippen LogP contribution is -2.34. The van der Waals surface area contributed by atoms with E-state index in [1.807, 2.05) is 38.1 Å². The van der Waals surface area contributed by atoms with Crippen molar-refractivity contribution in [3.8, 4) is 0 Å². The van der Waals surface area contributed by atoms with Gasteiger partial charge in [0.1, 0.15) is 6.20 Å². The summed E-state index contributed by atoms with van der Waals surface area (Å²) in [5.74, 6) is 0.689. The van der Waals surface area contributed by atoms with Crippen molar-refractivity contribution in [3.05, 3.63) is 71.7 Å². The first-order valence-corrected chi connectivity index (χ1v) is 9.52. The number of pyridine rings is 1. The van der Waals surface area contributed by atoms with Crippen molar-refractivity contribution in [2.45, 2.75) is 13.8 Å². The van der Waals surface area contributed by atoms with Gasteiger partial charge in [0.05, 0.1) is 19.5 Å². The Kier molecular flexibility index (Phi) is 6.57. The van der Waals surface area contributed by atoms with E-state index in [2.05, 4.69) is 79.6 Å². The van der Waals surface area contributed by atoms with E-state index in [9.17, 15) is 0 Å². The Morgan fingerprint density at radius 1 is 1.07 bits per heavy atom. The van der Waals surface area contributed by atoms with Gasteiger partial charge in [-0.25, -0.2) is 14.4 Å². The monoisotopic (exact) mass is 375 g/mol. The summed E-state index contributed by atoms with van der Waals surface area (Å²) in [5, 5.41) is 7.38. The van der Waals surface area contributed by atoms with Crippen LogP contribution in [0.3, 0.4) is 0 Å². The average Bonchev–Trinajstić information content (AvgIpc) is 3.04. The first kappa shape index (κ1) is 19.4. The molecule has 0 spiro atoms. The highest BCUT2D eigenvalue weighted by molar-refractivity contribution is 5.84. The molecule has 0 saturated carbocycles. The Morgan fingerprint density at radius 2 is 1.86 bits per heavy atom. The minimum Gasteiger partial charge on any atom is -0.355 e. The van der Waals surface area contributed by atoms with Gasteiger partial charge >= 0.3 is 0 Å². The molecule has 0 saturated heterocycles. The summed E-state index contributed by atoms with van der Waals surface area (Å²) in [6.45, 7) is 5.53. The fourth-order valence-electron chi connectivity index (χ4n) is 2.86. The third kappa shape index (κ3) is 4.85. The summed E-state index contributed by atoms with van der Waals surface area (Å²) < 4.78 is 4.29. The number of hydrogen-bond donors (Lipinski definition) is 2. The molecule has 3 aromatic rings. The van der Waals surface area contributed by atoms with Gasteiger partial charge in [-0.05, 0) is 37.1 Å². The average molecular weight is 376 g/mol. The number of aryl methyl sites for hydroxylation is 1. The Balaban J connectivity index is 1.65. The summed E-state index contributed by atoms with van der Waals surface area (Å²) in [6, 6.07) is 14.4. The van der Waals surface area contributed by atoms with E-state index in [4.69, 9.17) is 0 Å². The minimum absolute atomic E-state index is 0.689. The number of fused-ring (bicyclic) bond motifs is 1. The lowest BCUT2D eigenvalue weighted by atomic mass is 10.1. The highest BCUT2D eigenvalue weighted by Gasteiger charge is 2.10. The number of benzene rings is 1. The predicted octanol–water partition coefficient (Wildman–Crippen LogP) is 2.84. The van der Waals surface area contributed by atoms with Gasteiger partial charge in [-0.3, -0.25) is 4.99 Å². The highest BCUT2D eigenvalue weighted by Crippen LogP contribution is 2.10. The van der Waals surface area contributed by atoms with E-state index >= 15 is 0 Å². The van der Waals surface area contributed by atoms with Gasteiger partial charge in [0.15, 0.2) is 5.69 Å². The first-order chi connectivity index (χ1) is 13.7. The molecule has 6 heteroatoms. The van der Waals surface area contributed by atoms with E-state index in [0.717, 1.165) is 29.0 Å². The zero-order chi connectivity index (χ0) is 19.8. The molecule has 0 atom stereocenters. The lowest BCUT2D eigenvalue weighted by Gasteiger charge is -2.05. The number of rotatable bonds is 6. The fraction of sp³-hybridized carbons (Fsp3) is 0.227. The van der Waals surface area contributed by atoms with Gasteiger partial charge in [-0.2, -0.15) is 5.10 Å². The van der Waals surface area contributed by atoms with Crippen LogP contribution in [-0.2, 0) is 7.05 Å². The van der Waals surface area contributed by atoms with Crippen molar-refractivity contribution >= 4 is 30.0 Å². The fourth-order valence-corrected chi connectivity index (χ4v) is 2.86. The van der Waals surface area contributed by atoms with Crippen molar-refractivity contribution in [2.24, 2.45) is 17.1 Å². The van der Waals surface area contributed by atoms with E-state index < -0.39 is 0 Å². The molecule has 1 aromatic carbocycles. The van der Waals surface area contributed by atoms with Gasteiger partial charge in [-0.1, -0.05) is 36.4 Å². The first-order valence-electron chi connectivity index (χ1n) is 9.52. The number of nitrogens with zero attached hydrogens (tertiary/aromatic N) is 4. The maximum atomic E-state index is 4.30. The summed E-state index contributed by atoms with van der Waals surface area (Å²) in [4.78, 5) is 4.30. The van der Waals surface area contributed by atoms with E-state index in [-0.39, 0.29) is 0 Å². The standard InChI is InChI=1S/C22H27N6/c1-4-23-22(24-5-2)26-25-16-19-11-9-18(10-12-19)13-14-20-17-28-15-7-6-8-21(28)27(20)3/h6-17H,4-5H2,1-3H3,(H2,23,24,26)/q+1/b14-13+,25-16+. The Bertz CT molecular complexity index is 996. The topological polar surface area (TPSA) is 57.8 Å². The second-order valence-corrected chi connectivity index (χ2v) is 6.30. The minimum atomic E-state index is 0.689. The van der Waals surface area contributed by atoms with Gasteiger partial charge in [0.2, 0.25) is 5.96 Å². The van der Waals surface area contributed by atoms with Crippen LogP contribution < -0.4 is 15.1 Å². The number of imidazole rings is 1. The molecular weight excluding hydrogens is 348 g/mol. The van der Waals surface area contributed by atoms with Crippen LogP contribution in [0.1, 0.15) is 30.7 Å². The summed E-state index contributed by atoms with van der Waals surface area (Å²) in [6.07, 6.45) is 10.2. The summed E-state index contributed by atoms with van der Waals surface area (Å²) in [5.41, 5.74) is 7.41. The molecule has 2 heterocycles. The number of aromatic nitrogens is 2. The molecule has 3 rings (SSSR count). The maximum absolute atomic E-state index is 4.30. The van der Waals surface area contributed by atoms with Crippen LogP contribution in [0.15, 0.2) is 65.0 Å². The van der Waals surface area contributed by atoms with Crippen LogP contribution in [0.2, 0.25) is 0 Å². The number of hydrazone groups is 1. The molecule has 6 nitrogen and oxygen atoms in total. The molecule has 0 unspecified atom stereocenters. The van der Waals surface area contributed by atoms with Crippen molar-refractivity contribution < 1.29 is 4.40 Å². The Hall–Kier alpha value is -3.41. The van der Waals surface area contributed by atoms with Gasteiger partial charge in [0, 0.05) is 19.2 Å². The number of nitrogens with one attached hydrogen (secondary N) is 2. The van der Waals surface area contributed by atoms with Crippen molar-refractivity contribution in [3.63, 3.8) is 0 Å². The molecule has 2 N–H and O–H groups in total. The van der Waals surface area contributed by atoms with Crippen molar-refractivity contribution in [2.75, 3.05) is 13.1 Å². The third-order valence-corrected chi connectivity index (χ3v) is 4.30. The van der Waals surface area contributed by atoms with Crippen LogP contribution >= 0.6 is 0 Å². The van der Waals surface area contributed by atoms with E-state index in [1.54, 1.807) is 6.21 Å². The Labute approximate surface area is 165 Å². The van der Waals surface area contributed by atoms with Gasteiger partial charge < -0.3 is 5.32 Å². The molecule has 0 aliphatic heterocycles. The molecule has 0 fully saturated rings. The van der Waals surface area contributed by atoms with Crippen LogP contribution in [0.25, 0.3) is 17.8 Å². The SMILES string of the molecule is CCN=C(NCC)N/N=C/c1ccc(/C=C/c2c[n+]3ccccc3n2C)cc1. The molecule has 0 aliphatic rings. The molecule has 0 amide bonds. The summed E-state index contributed by atoms with van der Waals surface area (Å²) in [7, 11) is 2.07. The van der Waals surface area contributed by atoms with Gasteiger partial charge in [-0.15, -0.1) is 0 Å².